The second kappa shape index (κ2) is 8.41. The molecule has 152 valence electrons. The van der Waals surface area contributed by atoms with E-state index >= 15 is 0 Å². The predicted molar refractivity (Wildman–Crippen MR) is 124 cm³/mol. The minimum Gasteiger partial charge on any atom is -0.397 e. The Bertz CT molecular complexity index is 1060. The molecule has 5 nitrogen and oxygen atoms in total. The second-order valence-corrected chi connectivity index (χ2v) is 7.71. The molecule has 0 aliphatic carbocycles. The van der Waals surface area contributed by atoms with Crippen LogP contribution in [0.5, 0.6) is 0 Å². The van der Waals surface area contributed by atoms with Gasteiger partial charge in [0.1, 0.15) is 0 Å². The number of anilines is 3. The van der Waals surface area contributed by atoms with Gasteiger partial charge in [0.2, 0.25) is 0 Å². The Morgan fingerprint density at radius 1 is 1.00 bits per heavy atom. The summed E-state index contributed by atoms with van der Waals surface area (Å²) in [6, 6.07) is 25.6. The molecule has 1 aliphatic rings. The number of hydrogen-bond acceptors (Lipinski definition) is 4. The summed E-state index contributed by atoms with van der Waals surface area (Å²) in [4.78, 5) is 12.5. The molecule has 3 N–H and O–H groups in total. The Morgan fingerprint density at radius 2 is 1.67 bits per heavy atom. The van der Waals surface area contributed by atoms with Crippen LogP contribution >= 0.6 is 0 Å². The highest BCUT2D eigenvalue weighted by Gasteiger charge is 2.32. The smallest absolute Gasteiger partial charge is 0.255 e. The van der Waals surface area contributed by atoms with Crippen molar-refractivity contribution in [2.75, 3.05) is 16.1 Å². The van der Waals surface area contributed by atoms with Gasteiger partial charge in [0.05, 0.1) is 23.1 Å². The summed E-state index contributed by atoms with van der Waals surface area (Å²) in [5, 5.41) is 9.76. The van der Waals surface area contributed by atoms with Crippen molar-refractivity contribution >= 4 is 28.7 Å². The Morgan fingerprint density at radius 3 is 2.37 bits per heavy atom. The summed E-state index contributed by atoms with van der Waals surface area (Å²) < 4.78 is 0. The van der Waals surface area contributed by atoms with Gasteiger partial charge in [-0.05, 0) is 62.2 Å². The van der Waals surface area contributed by atoms with Crippen LogP contribution in [0.4, 0.5) is 17.1 Å². The van der Waals surface area contributed by atoms with Gasteiger partial charge in [0.15, 0.2) is 0 Å². The first kappa shape index (κ1) is 19.7. The first-order chi connectivity index (χ1) is 14.5. The summed E-state index contributed by atoms with van der Waals surface area (Å²) in [6.45, 7) is 4.31. The number of nitrogens with one attached hydrogen (secondary N) is 1. The molecule has 0 spiro atoms. The average molecular weight is 399 g/mol. The van der Waals surface area contributed by atoms with E-state index in [2.05, 4.69) is 36.3 Å². The fourth-order valence-corrected chi connectivity index (χ4v) is 3.90. The van der Waals surface area contributed by atoms with Gasteiger partial charge >= 0.3 is 0 Å². The maximum absolute atomic E-state index is 12.5. The first-order valence-electron chi connectivity index (χ1n) is 10.2. The van der Waals surface area contributed by atoms with Gasteiger partial charge in [0.25, 0.3) is 5.91 Å². The Labute approximate surface area is 177 Å². The number of hydrogen-bond donors (Lipinski definition) is 2. The fraction of sp³-hybridized carbons (Fsp3) is 0.200. The number of carbonyl (C=O) groups is 1. The van der Waals surface area contributed by atoms with Gasteiger partial charge in [-0.3, -0.25) is 9.80 Å². The highest BCUT2D eigenvalue weighted by atomic mass is 16.1. The monoisotopic (exact) mass is 398 g/mol. The van der Waals surface area contributed by atoms with Crippen molar-refractivity contribution in [3.05, 3.63) is 90.0 Å². The van der Waals surface area contributed by atoms with E-state index in [1.807, 2.05) is 54.6 Å². The van der Waals surface area contributed by atoms with Crippen LogP contribution in [0.1, 0.15) is 29.8 Å². The van der Waals surface area contributed by atoms with Gasteiger partial charge in [-0.2, -0.15) is 5.10 Å². The molecule has 30 heavy (non-hydrogen) atoms. The highest BCUT2D eigenvalue weighted by Crippen LogP contribution is 2.30. The molecule has 3 aromatic rings. The number of rotatable bonds is 5. The summed E-state index contributed by atoms with van der Waals surface area (Å²) in [5.74, 6) is 0.163. The molecule has 2 unspecified atom stereocenters. The van der Waals surface area contributed by atoms with Crippen LogP contribution in [0.2, 0.25) is 0 Å². The van der Waals surface area contributed by atoms with E-state index in [9.17, 15) is 4.79 Å². The maximum Gasteiger partial charge on any atom is 0.255 e. The molecule has 0 fully saturated rings. The van der Waals surface area contributed by atoms with E-state index in [0.29, 0.717) is 22.9 Å². The quantitative estimate of drug-likeness (QED) is 0.597. The lowest BCUT2D eigenvalue weighted by molar-refractivity contribution is 0.102. The first-order valence-corrected chi connectivity index (χ1v) is 10.2. The van der Waals surface area contributed by atoms with Gasteiger partial charge in [-0.25, -0.2) is 0 Å². The predicted octanol–water partition coefficient (Wildman–Crippen LogP) is 4.96. The number of hydrazone groups is 1. The lowest BCUT2D eigenvalue weighted by Gasteiger charge is -2.24. The van der Waals surface area contributed by atoms with Crippen LogP contribution in [-0.2, 0) is 6.42 Å². The lowest BCUT2D eigenvalue weighted by Crippen LogP contribution is -2.31. The minimum absolute atomic E-state index is 0.165. The van der Waals surface area contributed by atoms with Crippen LogP contribution in [0.3, 0.4) is 0 Å². The minimum atomic E-state index is -0.165. The molecule has 0 saturated heterocycles. The fourth-order valence-electron chi connectivity index (χ4n) is 3.90. The zero-order chi connectivity index (χ0) is 21.1. The molecule has 0 bridgehead atoms. The van der Waals surface area contributed by atoms with Crippen molar-refractivity contribution in [3.8, 4) is 0 Å². The molecule has 5 heteroatoms. The molecule has 4 rings (SSSR count). The van der Waals surface area contributed by atoms with Crippen molar-refractivity contribution in [1.82, 2.24) is 0 Å². The third-order valence-corrected chi connectivity index (χ3v) is 5.67. The third kappa shape index (κ3) is 4.06. The molecular weight excluding hydrogens is 372 g/mol. The van der Waals surface area contributed by atoms with Crippen molar-refractivity contribution < 1.29 is 4.79 Å². The van der Waals surface area contributed by atoms with Gasteiger partial charge < -0.3 is 11.1 Å². The summed E-state index contributed by atoms with van der Waals surface area (Å²) in [7, 11) is 0. The topological polar surface area (TPSA) is 70.7 Å². The van der Waals surface area contributed by atoms with E-state index in [0.717, 1.165) is 17.8 Å². The van der Waals surface area contributed by atoms with E-state index in [1.165, 1.54) is 5.56 Å². The molecule has 0 radical (unpaired) electrons. The van der Waals surface area contributed by atoms with Crippen LogP contribution in [0.15, 0.2) is 84.0 Å². The molecule has 2 atom stereocenters. The number of nitrogens with two attached hydrogens (primary N) is 1. The Balaban J connectivity index is 1.43. The summed E-state index contributed by atoms with van der Waals surface area (Å²) >= 11 is 0. The van der Waals surface area contributed by atoms with Crippen molar-refractivity contribution in [2.24, 2.45) is 11.0 Å². The SMILES string of the molecule is CC1=NN(c2ccccc2)C(C)C1Cc1ccc(C(=O)Nc2ccccc2N)cc1. The average Bonchev–Trinajstić information content (AvgIpc) is 3.05. The summed E-state index contributed by atoms with van der Waals surface area (Å²) in [6.07, 6.45) is 0.882. The van der Waals surface area contributed by atoms with E-state index < -0.39 is 0 Å². The zero-order valence-corrected chi connectivity index (χ0v) is 17.2. The Kier molecular flexibility index (Phi) is 5.53. The molecule has 0 saturated carbocycles. The highest BCUT2D eigenvalue weighted by molar-refractivity contribution is 6.05. The van der Waals surface area contributed by atoms with E-state index in [4.69, 9.17) is 10.8 Å². The Hall–Kier alpha value is -3.60. The van der Waals surface area contributed by atoms with Crippen molar-refractivity contribution in [1.29, 1.82) is 0 Å². The molecule has 1 heterocycles. The normalized spacial score (nSPS) is 18.2. The lowest BCUT2D eigenvalue weighted by atomic mass is 9.90. The number of benzene rings is 3. The number of nitrogen functional groups attached to an aromatic ring is 1. The third-order valence-electron chi connectivity index (χ3n) is 5.67. The standard InChI is InChI=1S/C25H26N4O/c1-17-22(18(2)29(28-17)21-8-4-3-5-9-21)16-19-12-14-20(15-13-19)25(30)27-24-11-7-6-10-23(24)26/h3-15,18,22H,16,26H2,1-2H3,(H,27,30). The maximum atomic E-state index is 12.5. The summed E-state index contributed by atoms with van der Waals surface area (Å²) in [5.41, 5.74) is 11.1. The van der Waals surface area contributed by atoms with E-state index in [1.54, 1.807) is 12.1 Å². The van der Waals surface area contributed by atoms with Crippen LogP contribution < -0.4 is 16.1 Å². The number of nitrogens with zero attached hydrogens (tertiary/aromatic N) is 2. The van der Waals surface area contributed by atoms with Crippen LogP contribution in [0.25, 0.3) is 0 Å². The van der Waals surface area contributed by atoms with Crippen LogP contribution in [0, 0.1) is 5.92 Å². The number of para-hydroxylation sites is 3. The van der Waals surface area contributed by atoms with Crippen LogP contribution in [-0.4, -0.2) is 17.7 Å². The molecule has 0 aromatic heterocycles. The molecule has 1 aliphatic heterocycles. The van der Waals surface area contributed by atoms with Gasteiger partial charge in [-0.15, -0.1) is 0 Å². The second-order valence-electron chi connectivity index (χ2n) is 7.71. The van der Waals surface area contributed by atoms with Crippen molar-refractivity contribution in [2.45, 2.75) is 26.3 Å². The molecule has 3 aromatic carbocycles. The molecule has 1 amide bonds. The zero-order valence-electron chi connectivity index (χ0n) is 17.2. The van der Waals surface area contributed by atoms with Crippen molar-refractivity contribution in [3.63, 3.8) is 0 Å². The van der Waals surface area contributed by atoms with Gasteiger partial charge in [-0.1, -0.05) is 42.5 Å². The van der Waals surface area contributed by atoms with Gasteiger partial charge in [0, 0.05) is 17.2 Å². The molecular formula is C25H26N4O. The largest absolute Gasteiger partial charge is 0.397 e. The number of carbonyl (C=O) groups excluding carboxylic acids is 1. The van der Waals surface area contributed by atoms with E-state index in [-0.39, 0.29) is 11.9 Å². The number of amides is 1.